The highest BCUT2D eigenvalue weighted by Gasteiger charge is 2.82. The van der Waals surface area contributed by atoms with Crippen molar-refractivity contribution in [3.8, 4) is 0 Å². The molecule has 2 bridgehead atoms. The van der Waals surface area contributed by atoms with Crippen molar-refractivity contribution in [3.05, 3.63) is 35.9 Å². The number of hydrogen-bond acceptors (Lipinski definition) is 14. The van der Waals surface area contributed by atoms with Gasteiger partial charge in [-0.3, -0.25) is 24.0 Å². The van der Waals surface area contributed by atoms with Gasteiger partial charge in [0, 0.05) is 45.4 Å². The first kappa shape index (κ1) is 37.9. The number of benzene rings is 1. The Morgan fingerprint density at radius 2 is 1.39 bits per heavy atom. The van der Waals surface area contributed by atoms with Crippen molar-refractivity contribution < 1.29 is 67.1 Å². The minimum absolute atomic E-state index is 0.175. The highest BCUT2D eigenvalue weighted by molar-refractivity contribution is 5.90. The molecule has 0 heterocycles. The molecule has 4 aliphatic carbocycles. The number of esters is 6. The number of Topliss-reactive ketones (excluding diaryl/α,β-unsaturated/α-hetero) is 1. The molecule has 5 rings (SSSR count). The molecule has 4 saturated carbocycles. The van der Waals surface area contributed by atoms with Gasteiger partial charge in [-0.15, -0.1) is 0 Å². The standard InChI is InChI=1S/C37H46O14/c1-18-14-36(45)27(28(18)50-31(44)23-12-10-9-11-13-23)30(49-26(42)17-46-19(2)38)37(51-22(5)41)15-24-25(16-34(6,7)29(24)43)35(8,32(36)47-20(3)39)33(37)48-21(4)40/h9-13,18,24-25,27-28,30,32-33,45H,14-17H2,1-8H3/t18-,24+,25-,27+,28-,30+,32+,33-,35-,36+,37+/m0/s1. The zero-order valence-corrected chi connectivity index (χ0v) is 30.1. The lowest BCUT2D eigenvalue weighted by atomic mass is 9.53. The van der Waals surface area contributed by atoms with Crippen molar-refractivity contribution >= 4 is 41.6 Å². The Bertz CT molecular complexity index is 1620. The largest absolute Gasteiger partial charge is 0.459 e. The lowest BCUT2D eigenvalue weighted by Crippen LogP contribution is -2.70. The van der Waals surface area contributed by atoms with E-state index in [9.17, 15) is 38.7 Å². The van der Waals surface area contributed by atoms with Crippen LogP contribution in [0.5, 0.6) is 0 Å². The molecule has 51 heavy (non-hydrogen) atoms. The number of ether oxygens (including phenoxy) is 6. The Labute approximate surface area is 295 Å². The maximum absolute atomic E-state index is 14.2. The van der Waals surface area contributed by atoms with Crippen molar-refractivity contribution in [1.29, 1.82) is 0 Å². The van der Waals surface area contributed by atoms with E-state index >= 15 is 0 Å². The Balaban J connectivity index is 1.85. The molecule has 4 fully saturated rings. The summed E-state index contributed by atoms with van der Waals surface area (Å²) < 4.78 is 35.5. The van der Waals surface area contributed by atoms with Crippen molar-refractivity contribution in [3.63, 3.8) is 0 Å². The van der Waals surface area contributed by atoms with E-state index < -0.39 is 113 Å². The van der Waals surface area contributed by atoms with Crippen molar-refractivity contribution in [2.24, 2.45) is 34.5 Å². The van der Waals surface area contributed by atoms with Crippen LogP contribution in [0.1, 0.15) is 85.0 Å². The van der Waals surface area contributed by atoms with Gasteiger partial charge in [0.1, 0.15) is 23.6 Å². The fourth-order valence-corrected chi connectivity index (χ4v) is 9.77. The fourth-order valence-electron chi connectivity index (χ4n) is 9.77. The van der Waals surface area contributed by atoms with Gasteiger partial charge in [-0.25, -0.2) is 9.59 Å². The van der Waals surface area contributed by atoms with E-state index in [1.165, 1.54) is 12.1 Å². The third-order valence-electron chi connectivity index (χ3n) is 11.3. The Kier molecular flexibility index (Phi) is 9.91. The van der Waals surface area contributed by atoms with E-state index in [2.05, 4.69) is 0 Å². The zero-order chi connectivity index (χ0) is 37.8. The van der Waals surface area contributed by atoms with Gasteiger partial charge in [0.2, 0.25) is 0 Å². The summed E-state index contributed by atoms with van der Waals surface area (Å²) in [4.78, 5) is 92.6. The van der Waals surface area contributed by atoms with E-state index in [4.69, 9.17) is 28.4 Å². The SMILES string of the molecule is CC(=O)OCC(=O)O[C@@H]1[C@H]2[C@@H](OC(=O)c3ccccc3)[C@@H](C)C[C@]2(O)[C@H](OC(C)=O)[C@@]2(C)[C@H](OC(C)=O)[C@@]1(OC(C)=O)C[C@H]1C(=O)C(C)(C)C[C@@H]12. The minimum Gasteiger partial charge on any atom is -0.459 e. The van der Waals surface area contributed by atoms with Crippen LogP contribution in [-0.4, -0.2) is 88.9 Å². The van der Waals surface area contributed by atoms with Crippen LogP contribution in [0.25, 0.3) is 0 Å². The molecule has 1 aromatic rings. The highest BCUT2D eigenvalue weighted by Crippen LogP contribution is 2.69. The number of carbonyl (C=O) groups excluding carboxylic acids is 7. The first-order chi connectivity index (χ1) is 23.7. The Hall–Kier alpha value is -4.33. The molecule has 0 unspecified atom stereocenters. The highest BCUT2D eigenvalue weighted by atomic mass is 16.6. The molecule has 278 valence electrons. The maximum Gasteiger partial charge on any atom is 0.344 e. The molecular weight excluding hydrogens is 668 g/mol. The molecule has 0 aromatic heterocycles. The average Bonchev–Trinajstić information content (AvgIpc) is 3.41. The van der Waals surface area contributed by atoms with Crippen LogP contribution in [0.2, 0.25) is 0 Å². The first-order valence-electron chi connectivity index (χ1n) is 17.1. The molecule has 1 N–H and O–H groups in total. The molecule has 11 atom stereocenters. The van der Waals surface area contributed by atoms with Crippen LogP contribution in [0, 0.1) is 34.5 Å². The predicted octanol–water partition coefficient (Wildman–Crippen LogP) is 2.89. The first-order valence-corrected chi connectivity index (χ1v) is 17.1. The van der Waals surface area contributed by atoms with Crippen LogP contribution in [0.15, 0.2) is 30.3 Å². The second-order valence-corrected chi connectivity index (χ2v) is 15.4. The van der Waals surface area contributed by atoms with Crippen LogP contribution < -0.4 is 0 Å². The van der Waals surface area contributed by atoms with E-state index in [0.717, 1.165) is 27.7 Å². The summed E-state index contributed by atoms with van der Waals surface area (Å²) in [5, 5.41) is 13.2. The van der Waals surface area contributed by atoms with Crippen LogP contribution in [-0.2, 0) is 57.2 Å². The second kappa shape index (κ2) is 13.3. The molecule has 0 radical (unpaired) electrons. The predicted molar refractivity (Wildman–Crippen MR) is 173 cm³/mol. The third-order valence-corrected chi connectivity index (χ3v) is 11.3. The zero-order valence-electron chi connectivity index (χ0n) is 30.1. The molecule has 0 amide bonds. The van der Waals surface area contributed by atoms with Gasteiger partial charge < -0.3 is 33.5 Å². The van der Waals surface area contributed by atoms with Crippen LogP contribution in [0.4, 0.5) is 0 Å². The number of ketones is 1. The van der Waals surface area contributed by atoms with Crippen molar-refractivity contribution in [2.75, 3.05) is 6.61 Å². The number of rotatable bonds is 8. The van der Waals surface area contributed by atoms with E-state index in [1.807, 2.05) is 0 Å². The molecule has 0 aliphatic heterocycles. The Morgan fingerprint density at radius 1 is 0.784 bits per heavy atom. The number of carbonyl (C=O) groups is 7. The van der Waals surface area contributed by atoms with E-state index in [1.54, 1.807) is 45.9 Å². The lowest BCUT2D eigenvalue weighted by molar-refractivity contribution is -0.269. The molecule has 4 aliphatic rings. The van der Waals surface area contributed by atoms with Gasteiger partial charge in [0.05, 0.1) is 16.9 Å². The Morgan fingerprint density at radius 3 is 1.96 bits per heavy atom. The smallest absolute Gasteiger partial charge is 0.344 e. The average molecular weight is 715 g/mol. The van der Waals surface area contributed by atoms with Gasteiger partial charge in [-0.2, -0.15) is 0 Å². The summed E-state index contributed by atoms with van der Waals surface area (Å²) >= 11 is 0. The van der Waals surface area contributed by atoms with Gasteiger partial charge in [-0.1, -0.05) is 45.9 Å². The van der Waals surface area contributed by atoms with Gasteiger partial charge in [0.25, 0.3) is 0 Å². The molecule has 1 aromatic carbocycles. The normalized spacial score (nSPS) is 37.5. The van der Waals surface area contributed by atoms with E-state index in [0.29, 0.717) is 0 Å². The molecular formula is C37H46O14. The third kappa shape index (κ3) is 6.40. The number of hydrogen-bond donors (Lipinski definition) is 1. The second-order valence-electron chi connectivity index (χ2n) is 15.4. The lowest BCUT2D eigenvalue weighted by Gasteiger charge is -2.58. The van der Waals surface area contributed by atoms with Crippen molar-refractivity contribution in [1.82, 2.24) is 0 Å². The summed E-state index contributed by atoms with van der Waals surface area (Å²) in [7, 11) is 0. The van der Waals surface area contributed by atoms with Crippen LogP contribution >= 0.6 is 0 Å². The summed E-state index contributed by atoms with van der Waals surface area (Å²) in [5.74, 6) is -9.32. The van der Waals surface area contributed by atoms with Gasteiger partial charge >= 0.3 is 35.8 Å². The molecule has 14 heteroatoms. The monoisotopic (exact) mass is 714 g/mol. The minimum atomic E-state index is -2.22. The van der Waals surface area contributed by atoms with Crippen molar-refractivity contribution in [2.45, 2.75) is 110 Å². The maximum atomic E-state index is 14.2. The van der Waals surface area contributed by atoms with Crippen LogP contribution in [0.3, 0.4) is 0 Å². The summed E-state index contributed by atoms with van der Waals surface area (Å²) in [5.41, 5.74) is -6.86. The topological polar surface area (TPSA) is 195 Å². The van der Waals surface area contributed by atoms with E-state index in [-0.39, 0.29) is 30.6 Å². The summed E-state index contributed by atoms with van der Waals surface area (Å²) in [6, 6.07) is 8.03. The number of aliphatic hydroxyl groups is 1. The quantitative estimate of drug-likeness (QED) is 0.305. The summed E-state index contributed by atoms with van der Waals surface area (Å²) in [6.07, 6.45) is -6.55. The molecule has 0 spiro atoms. The van der Waals surface area contributed by atoms with Gasteiger partial charge in [-0.05, 0) is 36.8 Å². The number of fused-ring (bicyclic) bond motifs is 5. The summed E-state index contributed by atoms with van der Waals surface area (Å²) in [6.45, 7) is 10.4. The van der Waals surface area contributed by atoms with Gasteiger partial charge in [0.15, 0.2) is 24.4 Å². The molecule has 14 nitrogen and oxygen atoms in total. The molecule has 0 saturated heterocycles. The fraction of sp³-hybridized carbons (Fsp3) is 0.649.